The third-order valence-electron chi connectivity index (χ3n) is 5.12. The third-order valence-corrected chi connectivity index (χ3v) is 5.12. The molecule has 0 amide bonds. The molecule has 2 aromatic carbocycles. The van der Waals surface area contributed by atoms with Crippen LogP contribution in [-0.2, 0) is 6.42 Å². The second kappa shape index (κ2) is 7.75. The van der Waals surface area contributed by atoms with E-state index >= 15 is 0 Å². The molecule has 3 aromatic rings. The van der Waals surface area contributed by atoms with Crippen molar-refractivity contribution in [1.82, 2.24) is 10.3 Å². The average Bonchev–Trinajstić information content (AvgIpc) is 3.06. The van der Waals surface area contributed by atoms with Crippen molar-refractivity contribution in [2.45, 2.75) is 38.1 Å². The van der Waals surface area contributed by atoms with Crippen molar-refractivity contribution in [3.05, 3.63) is 76.3 Å². The van der Waals surface area contributed by atoms with Crippen LogP contribution in [0.5, 0.6) is 0 Å². The van der Waals surface area contributed by atoms with Gasteiger partial charge < -0.3 is 9.73 Å². The predicted molar refractivity (Wildman–Crippen MR) is 105 cm³/mol. The normalized spacial score (nSPS) is 17.4. The Bertz CT molecular complexity index is 953. The molecule has 0 saturated carbocycles. The number of hydrogen-bond donors (Lipinski definition) is 2. The van der Waals surface area contributed by atoms with Crippen LogP contribution < -0.4 is 11.1 Å². The molecule has 1 atom stereocenters. The molecule has 0 radical (unpaired) electrons. The largest absolute Gasteiger partial charge is 0.417 e. The monoisotopic (exact) mass is 348 g/mol. The summed E-state index contributed by atoms with van der Waals surface area (Å²) in [6, 6.07) is 17.2. The molecule has 0 bridgehead atoms. The summed E-state index contributed by atoms with van der Waals surface area (Å²) in [5.74, 6) is -0.394. The van der Waals surface area contributed by atoms with Gasteiger partial charge in [-0.15, -0.1) is 0 Å². The molecule has 0 spiro atoms. The van der Waals surface area contributed by atoms with Gasteiger partial charge in [0.2, 0.25) is 0 Å². The lowest BCUT2D eigenvalue weighted by Gasteiger charge is -2.23. The van der Waals surface area contributed by atoms with Crippen LogP contribution in [0.4, 0.5) is 0 Å². The zero-order valence-corrected chi connectivity index (χ0v) is 14.8. The highest BCUT2D eigenvalue weighted by molar-refractivity contribution is 5.79. The zero-order valence-electron chi connectivity index (χ0n) is 14.8. The van der Waals surface area contributed by atoms with E-state index in [2.05, 4.69) is 52.8 Å². The molecule has 1 aliphatic rings. The first-order chi connectivity index (χ1) is 12.8. The van der Waals surface area contributed by atoms with Gasteiger partial charge in [0.1, 0.15) is 0 Å². The highest BCUT2D eigenvalue weighted by atomic mass is 16.4. The summed E-state index contributed by atoms with van der Waals surface area (Å²) < 4.78 is 5.17. The van der Waals surface area contributed by atoms with E-state index in [9.17, 15) is 4.79 Å². The van der Waals surface area contributed by atoms with Crippen LogP contribution in [-0.4, -0.2) is 17.6 Å². The quantitative estimate of drug-likeness (QED) is 0.654. The first-order valence-corrected chi connectivity index (χ1v) is 9.37. The Morgan fingerprint density at radius 3 is 2.85 bits per heavy atom. The number of allylic oxidation sites excluding steroid dienone is 1. The van der Waals surface area contributed by atoms with E-state index in [4.69, 9.17) is 4.42 Å². The van der Waals surface area contributed by atoms with Crippen molar-refractivity contribution < 1.29 is 4.42 Å². The van der Waals surface area contributed by atoms with Crippen molar-refractivity contribution in [2.75, 3.05) is 6.54 Å². The molecule has 0 fully saturated rings. The Kier molecular flexibility index (Phi) is 5.02. The molecule has 1 aliphatic carbocycles. The van der Waals surface area contributed by atoms with Gasteiger partial charge in [0.15, 0.2) is 5.58 Å². The molecule has 26 heavy (non-hydrogen) atoms. The number of oxazole rings is 1. The fourth-order valence-electron chi connectivity index (χ4n) is 3.67. The lowest BCUT2D eigenvalue weighted by atomic mass is 9.90. The van der Waals surface area contributed by atoms with Gasteiger partial charge in [0.25, 0.3) is 0 Å². The Labute approximate surface area is 152 Å². The van der Waals surface area contributed by atoms with Crippen LogP contribution in [0.1, 0.15) is 36.8 Å². The first kappa shape index (κ1) is 16.9. The number of nitrogens with one attached hydrogen (secondary N) is 2. The average molecular weight is 348 g/mol. The number of H-pyrrole nitrogens is 1. The molecule has 1 unspecified atom stereocenters. The summed E-state index contributed by atoms with van der Waals surface area (Å²) in [7, 11) is 0. The van der Waals surface area contributed by atoms with Gasteiger partial charge in [0, 0.05) is 6.04 Å². The number of hydrogen-bond acceptors (Lipinski definition) is 3. The zero-order chi connectivity index (χ0) is 17.8. The molecule has 0 aliphatic heterocycles. The van der Waals surface area contributed by atoms with Crippen LogP contribution in [0.3, 0.4) is 0 Å². The summed E-state index contributed by atoms with van der Waals surface area (Å²) in [6.45, 7) is 1.06. The van der Waals surface area contributed by atoms with Crippen molar-refractivity contribution in [2.24, 2.45) is 0 Å². The molecule has 4 nitrogen and oxygen atoms in total. The number of aromatic nitrogens is 1. The SMILES string of the molecule is O=c1[nH]c2ccc(C3=CCC(NCCCc4ccccc4)CC3)cc2o1. The Hall–Kier alpha value is -2.59. The van der Waals surface area contributed by atoms with E-state index in [0.29, 0.717) is 11.6 Å². The van der Waals surface area contributed by atoms with E-state index in [1.54, 1.807) is 0 Å². The summed E-state index contributed by atoms with van der Waals surface area (Å²) in [5.41, 5.74) is 5.30. The molecule has 4 heteroatoms. The van der Waals surface area contributed by atoms with Crippen molar-refractivity contribution >= 4 is 16.7 Å². The van der Waals surface area contributed by atoms with E-state index in [0.717, 1.165) is 43.3 Å². The van der Waals surface area contributed by atoms with E-state index in [1.807, 2.05) is 12.1 Å². The van der Waals surface area contributed by atoms with E-state index in [1.165, 1.54) is 17.6 Å². The van der Waals surface area contributed by atoms with E-state index < -0.39 is 5.76 Å². The summed E-state index contributed by atoms with van der Waals surface area (Å²) in [6.07, 6.45) is 7.87. The summed E-state index contributed by atoms with van der Waals surface area (Å²) >= 11 is 0. The maximum absolute atomic E-state index is 11.3. The minimum Gasteiger partial charge on any atom is -0.408 e. The molecule has 1 heterocycles. The highest BCUT2D eigenvalue weighted by Crippen LogP contribution is 2.28. The number of aromatic amines is 1. The number of fused-ring (bicyclic) bond motifs is 1. The molecular formula is C22H24N2O2. The van der Waals surface area contributed by atoms with Crippen LogP contribution in [0.15, 0.2) is 63.8 Å². The second-order valence-corrected chi connectivity index (χ2v) is 6.97. The Morgan fingerprint density at radius 1 is 1.15 bits per heavy atom. The highest BCUT2D eigenvalue weighted by Gasteiger charge is 2.15. The smallest absolute Gasteiger partial charge is 0.408 e. The lowest BCUT2D eigenvalue weighted by molar-refractivity contribution is 0.474. The van der Waals surface area contributed by atoms with Gasteiger partial charge in [-0.3, -0.25) is 4.98 Å². The van der Waals surface area contributed by atoms with Crippen LogP contribution in [0.2, 0.25) is 0 Å². The van der Waals surface area contributed by atoms with E-state index in [-0.39, 0.29) is 0 Å². The summed E-state index contributed by atoms with van der Waals surface area (Å²) in [5, 5.41) is 3.69. The molecule has 4 rings (SSSR count). The van der Waals surface area contributed by atoms with Gasteiger partial charge in [-0.25, -0.2) is 4.79 Å². The Morgan fingerprint density at radius 2 is 2.04 bits per heavy atom. The topological polar surface area (TPSA) is 58.0 Å². The first-order valence-electron chi connectivity index (χ1n) is 9.37. The fourth-order valence-corrected chi connectivity index (χ4v) is 3.67. The van der Waals surface area contributed by atoms with Crippen LogP contribution in [0.25, 0.3) is 16.7 Å². The number of aryl methyl sites for hydroxylation is 1. The lowest BCUT2D eigenvalue weighted by Crippen LogP contribution is -2.31. The maximum atomic E-state index is 11.3. The predicted octanol–water partition coefficient (Wildman–Crippen LogP) is 4.28. The minimum atomic E-state index is -0.394. The van der Waals surface area contributed by atoms with Gasteiger partial charge in [-0.2, -0.15) is 0 Å². The van der Waals surface area contributed by atoms with Crippen LogP contribution >= 0.6 is 0 Å². The Balaban J connectivity index is 1.29. The van der Waals surface area contributed by atoms with Gasteiger partial charge >= 0.3 is 5.76 Å². The van der Waals surface area contributed by atoms with Gasteiger partial charge in [-0.1, -0.05) is 42.5 Å². The number of rotatable bonds is 6. The van der Waals surface area contributed by atoms with Crippen LogP contribution in [0, 0.1) is 0 Å². The maximum Gasteiger partial charge on any atom is 0.417 e. The summed E-state index contributed by atoms with van der Waals surface area (Å²) in [4.78, 5) is 14.0. The fraction of sp³-hybridized carbons (Fsp3) is 0.318. The minimum absolute atomic E-state index is 0.394. The molecule has 2 N–H and O–H groups in total. The standard InChI is InChI=1S/C22H24N2O2/c25-22-24-20-13-10-18(15-21(20)26-22)17-8-11-19(12-9-17)23-14-4-7-16-5-2-1-3-6-16/h1-3,5-6,8,10,13,15,19,23H,4,7,9,11-12,14H2,(H,24,25). The number of benzene rings is 2. The molecular weight excluding hydrogens is 324 g/mol. The third kappa shape index (κ3) is 3.97. The van der Waals surface area contributed by atoms with Crippen molar-refractivity contribution in [3.63, 3.8) is 0 Å². The van der Waals surface area contributed by atoms with Crippen molar-refractivity contribution in [1.29, 1.82) is 0 Å². The molecule has 0 saturated heterocycles. The molecule has 134 valence electrons. The van der Waals surface area contributed by atoms with Crippen molar-refractivity contribution in [3.8, 4) is 0 Å². The second-order valence-electron chi connectivity index (χ2n) is 6.97. The van der Waals surface area contributed by atoms with Gasteiger partial charge in [0.05, 0.1) is 5.52 Å². The molecule has 1 aromatic heterocycles. The van der Waals surface area contributed by atoms with Gasteiger partial charge in [-0.05, 0) is 67.5 Å².